The van der Waals surface area contributed by atoms with Crippen molar-refractivity contribution in [1.82, 2.24) is 0 Å². The maximum absolute atomic E-state index is 2.44. The highest BCUT2D eigenvalue weighted by Gasteiger charge is 2.24. The third-order valence-electron chi connectivity index (χ3n) is 7.31. The quantitative estimate of drug-likeness (QED) is 0.219. The minimum Gasteiger partial charge on any atom is -0.0616 e. The molecule has 7 rings (SSSR count). The zero-order chi connectivity index (χ0) is 21.6. The van der Waals surface area contributed by atoms with Gasteiger partial charge in [-0.3, -0.25) is 0 Å². The predicted octanol–water partition coefficient (Wildman–Crippen LogP) is 9.24. The average Bonchev–Trinajstić information content (AvgIpc) is 3.10. The number of hydrogen-bond acceptors (Lipinski definition) is 0. The third kappa shape index (κ3) is 2.33. The Labute approximate surface area is 188 Å². The van der Waals surface area contributed by atoms with Crippen LogP contribution in [-0.4, -0.2) is 0 Å². The fraction of sp³-hybridized carbons (Fsp3) is 0.125. The van der Waals surface area contributed by atoms with Crippen LogP contribution >= 0.6 is 0 Å². The second-order valence-corrected chi connectivity index (χ2v) is 10.2. The largest absolute Gasteiger partial charge is 0.0616 e. The maximum atomic E-state index is 2.44. The summed E-state index contributed by atoms with van der Waals surface area (Å²) in [7, 11) is 0. The van der Waals surface area contributed by atoms with Gasteiger partial charge in [0.1, 0.15) is 0 Å². The van der Waals surface area contributed by atoms with Crippen LogP contribution in [0.25, 0.3) is 65.3 Å². The van der Waals surface area contributed by atoms with Gasteiger partial charge < -0.3 is 0 Å². The second-order valence-electron chi connectivity index (χ2n) is 10.2. The summed E-state index contributed by atoms with van der Waals surface area (Å²) in [6, 6.07) is 34.3. The Kier molecular flexibility index (Phi) is 3.36. The van der Waals surface area contributed by atoms with E-state index in [4.69, 9.17) is 0 Å². The fourth-order valence-corrected chi connectivity index (χ4v) is 5.62. The smallest absolute Gasteiger partial charge is 0.00199 e. The van der Waals surface area contributed by atoms with Gasteiger partial charge >= 0.3 is 0 Å². The van der Waals surface area contributed by atoms with Crippen molar-refractivity contribution in [3.8, 4) is 22.3 Å². The first-order valence-corrected chi connectivity index (χ1v) is 11.5. The van der Waals surface area contributed by atoms with Gasteiger partial charge in [0.05, 0.1) is 0 Å². The summed E-state index contributed by atoms with van der Waals surface area (Å²) < 4.78 is 0. The Morgan fingerprint density at radius 3 is 2.06 bits per heavy atom. The molecule has 0 unspecified atom stereocenters. The van der Waals surface area contributed by atoms with Crippen LogP contribution in [-0.2, 0) is 5.41 Å². The average molecular weight is 409 g/mol. The molecule has 0 N–H and O–H groups in total. The van der Waals surface area contributed by atoms with Crippen molar-refractivity contribution in [2.24, 2.45) is 0 Å². The predicted molar refractivity (Wildman–Crippen MR) is 140 cm³/mol. The first kappa shape index (κ1) is 18.0. The highest BCUT2D eigenvalue weighted by Crippen LogP contribution is 2.51. The van der Waals surface area contributed by atoms with Crippen molar-refractivity contribution in [1.29, 1.82) is 0 Å². The lowest BCUT2D eigenvalue weighted by Gasteiger charge is -2.19. The van der Waals surface area contributed by atoms with Crippen molar-refractivity contribution in [2.45, 2.75) is 26.2 Å². The van der Waals surface area contributed by atoms with E-state index >= 15 is 0 Å². The number of fused-ring (bicyclic) bond motifs is 8. The highest BCUT2D eigenvalue weighted by atomic mass is 14.3. The van der Waals surface area contributed by atoms with Crippen LogP contribution < -0.4 is 0 Å². The molecule has 6 aromatic carbocycles. The van der Waals surface area contributed by atoms with E-state index in [2.05, 4.69) is 112 Å². The van der Waals surface area contributed by atoms with Crippen LogP contribution in [0.15, 0.2) is 91.0 Å². The van der Waals surface area contributed by atoms with Crippen LogP contribution in [0, 0.1) is 0 Å². The fourth-order valence-electron chi connectivity index (χ4n) is 5.62. The van der Waals surface area contributed by atoms with Gasteiger partial charge in [-0.05, 0) is 94.5 Å². The van der Waals surface area contributed by atoms with E-state index < -0.39 is 0 Å². The van der Waals surface area contributed by atoms with E-state index in [-0.39, 0.29) is 5.41 Å². The molecule has 0 bridgehead atoms. The van der Waals surface area contributed by atoms with Gasteiger partial charge in [0.15, 0.2) is 0 Å². The summed E-state index contributed by atoms with van der Waals surface area (Å²) in [5.74, 6) is 0. The number of hydrogen-bond donors (Lipinski definition) is 0. The van der Waals surface area contributed by atoms with Gasteiger partial charge in [-0.2, -0.15) is 0 Å². The molecule has 0 heteroatoms. The van der Waals surface area contributed by atoms with Crippen molar-refractivity contribution < 1.29 is 0 Å². The molecule has 0 fully saturated rings. The normalized spacial score (nSPS) is 12.8. The molecular formula is C32H24. The summed E-state index contributed by atoms with van der Waals surface area (Å²) in [5, 5.41) is 10.7. The summed E-state index contributed by atoms with van der Waals surface area (Å²) >= 11 is 0. The third-order valence-corrected chi connectivity index (χ3v) is 7.31. The monoisotopic (exact) mass is 408 g/mol. The van der Waals surface area contributed by atoms with E-state index in [0.29, 0.717) is 0 Å². The molecule has 0 heterocycles. The molecule has 6 aromatic rings. The molecule has 0 radical (unpaired) electrons. The van der Waals surface area contributed by atoms with Crippen LogP contribution in [0.1, 0.15) is 26.3 Å². The van der Waals surface area contributed by atoms with Gasteiger partial charge in [0.25, 0.3) is 0 Å². The highest BCUT2D eigenvalue weighted by molar-refractivity contribution is 6.27. The Hall–Kier alpha value is -3.64. The summed E-state index contributed by atoms with van der Waals surface area (Å²) in [6.07, 6.45) is 0. The molecule has 0 saturated heterocycles. The molecule has 0 spiro atoms. The first-order chi connectivity index (χ1) is 15.5. The minimum absolute atomic E-state index is 0.144. The lowest BCUT2D eigenvalue weighted by molar-refractivity contribution is 0.591. The zero-order valence-electron chi connectivity index (χ0n) is 18.7. The van der Waals surface area contributed by atoms with Crippen molar-refractivity contribution in [2.75, 3.05) is 0 Å². The van der Waals surface area contributed by atoms with Gasteiger partial charge in [0.2, 0.25) is 0 Å². The molecule has 0 saturated carbocycles. The molecular weight excluding hydrogens is 384 g/mol. The standard InChI is InChI=1S/C32H24/c1-32(2,3)22-13-11-20-16-27-26-10-6-9-25-24-14-12-19-7-4-5-8-23(19)29(24)18-30(31(25)26)28(27)17-21(20)15-22/h4-18H,1-3H3. The van der Waals surface area contributed by atoms with Crippen LogP contribution in [0.3, 0.4) is 0 Å². The Morgan fingerprint density at radius 1 is 0.438 bits per heavy atom. The lowest BCUT2D eigenvalue weighted by Crippen LogP contribution is -2.10. The van der Waals surface area contributed by atoms with Gasteiger partial charge in [0, 0.05) is 0 Å². The number of rotatable bonds is 0. The van der Waals surface area contributed by atoms with Crippen LogP contribution in [0.2, 0.25) is 0 Å². The van der Waals surface area contributed by atoms with E-state index in [0.717, 1.165) is 0 Å². The summed E-state index contributed by atoms with van der Waals surface area (Å²) in [6.45, 7) is 6.86. The van der Waals surface area contributed by atoms with Gasteiger partial charge in [-0.1, -0.05) is 93.6 Å². The Bertz CT molecular complexity index is 1740. The molecule has 0 aliphatic heterocycles. The Morgan fingerprint density at radius 2 is 1.19 bits per heavy atom. The SMILES string of the molecule is CC(C)(C)c1ccc2cc3c(cc2c1)-c1cc2c4ccccc4ccc2c2cccc-3c12. The lowest BCUT2D eigenvalue weighted by atomic mass is 9.85. The van der Waals surface area contributed by atoms with Gasteiger partial charge in [-0.15, -0.1) is 0 Å². The van der Waals surface area contributed by atoms with Crippen molar-refractivity contribution >= 4 is 43.1 Å². The van der Waals surface area contributed by atoms with Crippen molar-refractivity contribution in [3.63, 3.8) is 0 Å². The van der Waals surface area contributed by atoms with E-state index in [1.54, 1.807) is 0 Å². The topological polar surface area (TPSA) is 0 Å². The number of benzene rings is 6. The molecule has 1 aliphatic rings. The minimum atomic E-state index is 0.144. The summed E-state index contributed by atoms with van der Waals surface area (Å²) in [5.41, 5.74) is 6.99. The van der Waals surface area contributed by atoms with Crippen LogP contribution in [0.5, 0.6) is 0 Å². The first-order valence-electron chi connectivity index (χ1n) is 11.5. The molecule has 0 amide bonds. The Balaban J connectivity index is 1.62. The molecule has 0 atom stereocenters. The van der Waals surface area contributed by atoms with Gasteiger partial charge in [-0.25, -0.2) is 0 Å². The molecule has 152 valence electrons. The van der Waals surface area contributed by atoms with E-state index in [1.807, 2.05) is 0 Å². The molecule has 32 heavy (non-hydrogen) atoms. The van der Waals surface area contributed by atoms with Crippen LogP contribution in [0.4, 0.5) is 0 Å². The molecule has 0 nitrogen and oxygen atoms in total. The van der Waals surface area contributed by atoms with E-state index in [1.165, 1.54) is 70.9 Å². The maximum Gasteiger partial charge on any atom is -0.00199 e. The zero-order valence-corrected chi connectivity index (χ0v) is 18.7. The second kappa shape index (κ2) is 5.99. The molecule has 0 aromatic heterocycles. The molecule has 1 aliphatic carbocycles. The van der Waals surface area contributed by atoms with Crippen molar-refractivity contribution in [3.05, 3.63) is 96.6 Å². The van der Waals surface area contributed by atoms with E-state index in [9.17, 15) is 0 Å². The summed E-state index contributed by atoms with van der Waals surface area (Å²) in [4.78, 5) is 0.